The molecule has 1 fully saturated rings. The molecule has 0 aromatic heterocycles. The summed E-state index contributed by atoms with van der Waals surface area (Å²) < 4.78 is 15.3. The Morgan fingerprint density at radius 2 is 2.06 bits per heavy atom. The van der Waals surface area contributed by atoms with Crippen LogP contribution in [-0.2, 0) is 23.8 Å². The lowest BCUT2D eigenvalue weighted by molar-refractivity contribution is -0.145. The Hall–Kier alpha value is -0.940. The molecule has 0 aromatic carbocycles. The van der Waals surface area contributed by atoms with Crippen LogP contribution in [0.5, 0.6) is 0 Å². The fourth-order valence-corrected chi connectivity index (χ4v) is 1.56. The zero-order chi connectivity index (χ0) is 12.2. The van der Waals surface area contributed by atoms with E-state index in [1.807, 2.05) is 13.8 Å². The standard InChI is InChI=1S/C11H18O5/c1-11(2)15-7-9(16-11)6-8(12)4-5-10(13)14-3/h9H,4-7H2,1-3H3. The van der Waals surface area contributed by atoms with Gasteiger partial charge in [-0.2, -0.15) is 0 Å². The fraction of sp³-hybridized carbons (Fsp3) is 0.818. The molecule has 1 unspecified atom stereocenters. The normalized spacial score (nSPS) is 23.1. The highest BCUT2D eigenvalue weighted by molar-refractivity contribution is 5.83. The molecule has 0 aromatic rings. The van der Waals surface area contributed by atoms with E-state index in [-0.39, 0.29) is 30.7 Å². The Labute approximate surface area is 95.0 Å². The second-order valence-electron chi connectivity index (χ2n) is 4.27. The molecule has 1 aliphatic rings. The van der Waals surface area contributed by atoms with Gasteiger partial charge < -0.3 is 14.2 Å². The summed E-state index contributed by atoms with van der Waals surface area (Å²) in [5, 5.41) is 0. The first-order valence-electron chi connectivity index (χ1n) is 5.33. The van der Waals surface area contributed by atoms with Gasteiger partial charge >= 0.3 is 5.97 Å². The maximum absolute atomic E-state index is 11.5. The molecule has 92 valence electrons. The van der Waals surface area contributed by atoms with Gasteiger partial charge in [0.1, 0.15) is 5.78 Å². The van der Waals surface area contributed by atoms with E-state index >= 15 is 0 Å². The molecule has 5 heteroatoms. The van der Waals surface area contributed by atoms with Gasteiger partial charge in [-0.15, -0.1) is 0 Å². The van der Waals surface area contributed by atoms with E-state index in [9.17, 15) is 9.59 Å². The van der Waals surface area contributed by atoms with Crippen molar-refractivity contribution in [2.45, 2.75) is 45.0 Å². The summed E-state index contributed by atoms with van der Waals surface area (Å²) in [5.41, 5.74) is 0. The van der Waals surface area contributed by atoms with Crippen LogP contribution in [0.3, 0.4) is 0 Å². The zero-order valence-electron chi connectivity index (χ0n) is 9.95. The number of Topliss-reactive ketones (excluding diaryl/α,β-unsaturated/α-hetero) is 1. The van der Waals surface area contributed by atoms with Crippen molar-refractivity contribution in [1.82, 2.24) is 0 Å². The van der Waals surface area contributed by atoms with Gasteiger partial charge in [0, 0.05) is 12.8 Å². The van der Waals surface area contributed by atoms with Crippen LogP contribution in [0.4, 0.5) is 0 Å². The van der Waals surface area contributed by atoms with Gasteiger partial charge in [-0.1, -0.05) is 0 Å². The Morgan fingerprint density at radius 1 is 1.38 bits per heavy atom. The SMILES string of the molecule is COC(=O)CCC(=O)CC1COC(C)(C)O1. The molecule has 0 amide bonds. The molecular formula is C11H18O5. The van der Waals surface area contributed by atoms with Crippen molar-refractivity contribution in [3.8, 4) is 0 Å². The van der Waals surface area contributed by atoms with E-state index in [4.69, 9.17) is 9.47 Å². The molecule has 1 rings (SSSR count). The Morgan fingerprint density at radius 3 is 2.56 bits per heavy atom. The van der Waals surface area contributed by atoms with Gasteiger partial charge in [-0.25, -0.2) is 0 Å². The van der Waals surface area contributed by atoms with Crippen molar-refractivity contribution < 1.29 is 23.8 Å². The summed E-state index contributed by atoms with van der Waals surface area (Å²) in [6, 6.07) is 0. The monoisotopic (exact) mass is 230 g/mol. The number of hydrogen-bond donors (Lipinski definition) is 0. The van der Waals surface area contributed by atoms with E-state index < -0.39 is 5.79 Å². The van der Waals surface area contributed by atoms with Crippen LogP contribution in [0.1, 0.15) is 33.1 Å². The van der Waals surface area contributed by atoms with Crippen molar-refractivity contribution in [2.24, 2.45) is 0 Å². The van der Waals surface area contributed by atoms with E-state index in [0.717, 1.165) is 0 Å². The summed E-state index contributed by atoms with van der Waals surface area (Å²) in [6.45, 7) is 4.05. The predicted octanol–water partition coefficient (Wildman–Crippen LogP) is 1.05. The molecular weight excluding hydrogens is 212 g/mol. The fourth-order valence-electron chi connectivity index (χ4n) is 1.56. The van der Waals surface area contributed by atoms with Crippen LogP contribution in [0.25, 0.3) is 0 Å². The van der Waals surface area contributed by atoms with E-state index in [2.05, 4.69) is 4.74 Å². The third-order valence-electron chi connectivity index (χ3n) is 2.36. The number of rotatable bonds is 5. The van der Waals surface area contributed by atoms with E-state index in [0.29, 0.717) is 13.0 Å². The molecule has 0 radical (unpaired) electrons. The van der Waals surface area contributed by atoms with Crippen molar-refractivity contribution in [1.29, 1.82) is 0 Å². The summed E-state index contributed by atoms with van der Waals surface area (Å²) in [6.07, 6.45) is 0.430. The quantitative estimate of drug-likeness (QED) is 0.661. The highest BCUT2D eigenvalue weighted by atomic mass is 16.7. The second kappa shape index (κ2) is 5.41. The molecule has 1 saturated heterocycles. The smallest absolute Gasteiger partial charge is 0.305 e. The van der Waals surface area contributed by atoms with Crippen LogP contribution < -0.4 is 0 Å². The van der Waals surface area contributed by atoms with Crippen molar-refractivity contribution in [2.75, 3.05) is 13.7 Å². The third-order valence-corrected chi connectivity index (χ3v) is 2.36. The number of methoxy groups -OCH3 is 1. The van der Waals surface area contributed by atoms with E-state index in [1.165, 1.54) is 7.11 Å². The Balaban J connectivity index is 2.23. The lowest BCUT2D eigenvalue weighted by atomic mass is 10.1. The molecule has 0 spiro atoms. The van der Waals surface area contributed by atoms with Crippen LogP contribution >= 0.6 is 0 Å². The minimum atomic E-state index is -0.604. The predicted molar refractivity (Wildman–Crippen MR) is 55.8 cm³/mol. The van der Waals surface area contributed by atoms with Gasteiger partial charge in [-0.05, 0) is 13.8 Å². The molecule has 1 aliphatic heterocycles. The molecule has 16 heavy (non-hydrogen) atoms. The Kier molecular flexibility index (Phi) is 4.44. The number of hydrogen-bond acceptors (Lipinski definition) is 5. The first-order chi connectivity index (χ1) is 7.43. The molecule has 1 atom stereocenters. The number of ketones is 1. The maximum Gasteiger partial charge on any atom is 0.305 e. The number of ether oxygens (including phenoxy) is 3. The van der Waals surface area contributed by atoms with Crippen LogP contribution in [-0.4, -0.2) is 37.4 Å². The molecule has 1 heterocycles. The molecule has 0 saturated carbocycles. The third kappa shape index (κ3) is 4.28. The minimum absolute atomic E-state index is 0.00306. The Bertz CT molecular complexity index is 272. The summed E-state index contributed by atoms with van der Waals surface area (Å²) in [7, 11) is 1.31. The second-order valence-corrected chi connectivity index (χ2v) is 4.27. The van der Waals surface area contributed by atoms with Crippen molar-refractivity contribution in [3.63, 3.8) is 0 Å². The van der Waals surface area contributed by atoms with Crippen LogP contribution in [0.2, 0.25) is 0 Å². The van der Waals surface area contributed by atoms with Gasteiger partial charge in [-0.3, -0.25) is 9.59 Å². The highest BCUT2D eigenvalue weighted by Gasteiger charge is 2.33. The molecule has 5 nitrogen and oxygen atoms in total. The summed E-state index contributed by atoms with van der Waals surface area (Å²) >= 11 is 0. The van der Waals surface area contributed by atoms with Crippen LogP contribution in [0, 0.1) is 0 Å². The lowest BCUT2D eigenvalue weighted by Gasteiger charge is -2.16. The number of esters is 1. The number of carbonyl (C=O) groups is 2. The van der Waals surface area contributed by atoms with E-state index in [1.54, 1.807) is 0 Å². The summed E-state index contributed by atoms with van der Waals surface area (Å²) in [5.74, 6) is -0.971. The zero-order valence-corrected chi connectivity index (χ0v) is 9.95. The summed E-state index contributed by atoms with van der Waals surface area (Å²) in [4.78, 5) is 22.3. The van der Waals surface area contributed by atoms with Crippen molar-refractivity contribution in [3.05, 3.63) is 0 Å². The van der Waals surface area contributed by atoms with Crippen LogP contribution in [0.15, 0.2) is 0 Å². The first kappa shape index (κ1) is 13.1. The average Bonchev–Trinajstić information content (AvgIpc) is 2.54. The average molecular weight is 230 g/mol. The highest BCUT2D eigenvalue weighted by Crippen LogP contribution is 2.24. The lowest BCUT2D eigenvalue weighted by Crippen LogP contribution is -2.23. The van der Waals surface area contributed by atoms with Gasteiger partial charge in [0.2, 0.25) is 0 Å². The van der Waals surface area contributed by atoms with Gasteiger partial charge in [0.05, 0.1) is 26.2 Å². The maximum atomic E-state index is 11.5. The largest absolute Gasteiger partial charge is 0.469 e. The minimum Gasteiger partial charge on any atom is -0.469 e. The topological polar surface area (TPSA) is 61.8 Å². The number of carbonyl (C=O) groups excluding carboxylic acids is 2. The molecule has 0 aliphatic carbocycles. The van der Waals surface area contributed by atoms with Gasteiger partial charge in [0.15, 0.2) is 5.79 Å². The molecule has 0 bridgehead atoms. The van der Waals surface area contributed by atoms with Crippen molar-refractivity contribution >= 4 is 11.8 Å². The van der Waals surface area contributed by atoms with Gasteiger partial charge in [0.25, 0.3) is 0 Å². The molecule has 0 N–H and O–H groups in total. The first-order valence-corrected chi connectivity index (χ1v) is 5.33.